The molecule has 0 aromatic rings. The summed E-state index contributed by atoms with van der Waals surface area (Å²) < 4.78 is 23.8. The molecule has 0 fully saturated rings. The lowest BCUT2D eigenvalue weighted by Gasteiger charge is -2.26. The summed E-state index contributed by atoms with van der Waals surface area (Å²) >= 11 is 0. The number of aliphatic hydroxyl groups is 1. The van der Waals surface area contributed by atoms with E-state index in [0.717, 1.165) is 89.9 Å². The van der Waals surface area contributed by atoms with Crippen molar-refractivity contribution >= 4 is 13.7 Å². The van der Waals surface area contributed by atoms with Gasteiger partial charge in [0.1, 0.15) is 13.2 Å². The van der Waals surface area contributed by atoms with Crippen molar-refractivity contribution in [3.05, 3.63) is 85.1 Å². The first kappa shape index (κ1) is 67.7. The van der Waals surface area contributed by atoms with Crippen LogP contribution in [0.25, 0.3) is 0 Å². The molecule has 0 aromatic heterocycles. The average Bonchev–Trinajstić information content (AvgIpc) is 3.32. The van der Waals surface area contributed by atoms with Crippen molar-refractivity contribution in [2.45, 2.75) is 257 Å². The molecule has 0 aromatic carbocycles. The Morgan fingerprint density at radius 2 is 0.857 bits per heavy atom. The first-order valence-corrected chi connectivity index (χ1v) is 30.4. The molecule has 70 heavy (non-hydrogen) atoms. The maximum absolute atomic E-state index is 13.0. The Bertz CT molecular complexity index is 1410. The molecule has 0 rings (SSSR count). The van der Waals surface area contributed by atoms with Gasteiger partial charge < -0.3 is 19.8 Å². The maximum Gasteiger partial charge on any atom is 0.472 e. The number of likely N-dealkylation sites (N-methyl/N-ethyl adjacent to an activating group) is 1. The minimum Gasteiger partial charge on any atom is -0.391 e. The third-order valence-corrected chi connectivity index (χ3v) is 13.6. The molecule has 3 unspecified atom stereocenters. The summed E-state index contributed by atoms with van der Waals surface area (Å²) in [5.41, 5.74) is 0. The summed E-state index contributed by atoms with van der Waals surface area (Å²) in [5.74, 6) is -0.157. The van der Waals surface area contributed by atoms with Crippen LogP contribution in [0, 0.1) is 0 Å². The molecule has 1 amide bonds. The molecule has 0 bridgehead atoms. The van der Waals surface area contributed by atoms with Crippen LogP contribution in [0.4, 0.5) is 0 Å². The van der Waals surface area contributed by atoms with E-state index in [9.17, 15) is 19.4 Å². The third kappa shape index (κ3) is 53.5. The highest BCUT2D eigenvalue weighted by atomic mass is 31.2. The van der Waals surface area contributed by atoms with Crippen LogP contribution in [-0.4, -0.2) is 73.4 Å². The van der Waals surface area contributed by atoms with Gasteiger partial charge in [-0.2, -0.15) is 0 Å². The van der Waals surface area contributed by atoms with Gasteiger partial charge in [-0.15, -0.1) is 0 Å². The number of hydrogen-bond acceptors (Lipinski definition) is 5. The number of rotatable bonds is 52. The number of phosphoric ester groups is 1. The minimum absolute atomic E-state index is 0.0684. The van der Waals surface area contributed by atoms with Gasteiger partial charge in [0.25, 0.3) is 0 Å². The van der Waals surface area contributed by atoms with Crippen molar-refractivity contribution in [1.29, 1.82) is 0 Å². The normalized spacial score (nSPS) is 14.6. The molecule has 0 aliphatic rings. The van der Waals surface area contributed by atoms with E-state index in [-0.39, 0.29) is 19.1 Å². The van der Waals surface area contributed by atoms with Crippen molar-refractivity contribution in [1.82, 2.24) is 5.32 Å². The van der Waals surface area contributed by atoms with Crippen molar-refractivity contribution in [2.75, 3.05) is 40.9 Å². The molecule has 0 radical (unpaired) electrons. The minimum atomic E-state index is -4.33. The van der Waals surface area contributed by atoms with Crippen LogP contribution < -0.4 is 5.32 Å². The van der Waals surface area contributed by atoms with Crippen molar-refractivity contribution < 1.29 is 32.9 Å². The molecule has 0 saturated heterocycles. The van der Waals surface area contributed by atoms with Gasteiger partial charge >= 0.3 is 7.82 Å². The molecule has 0 aliphatic carbocycles. The fourth-order valence-electron chi connectivity index (χ4n) is 8.15. The van der Waals surface area contributed by atoms with Gasteiger partial charge in [0.05, 0.1) is 39.9 Å². The second-order valence-corrected chi connectivity index (χ2v) is 22.1. The maximum atomic E-state index is 13.0. The molecular formula is C61H112N2O6P+. The van der Waals surface area contributed by atoms with Crippen LogP contribution in [0.15, 0.2) is 85.1 Å². The number of allylic oxidation sites excluding steroid dienone is 14. The van der Waals surface area contributed by atoms with E-state index < -0.39 is 20.0 Å². The standard InChI is InChI=1S/C61H111N2O6P/c1-6-8-10-12-14-16-18-20-22-24-26-27-28-29-30-31-32-33-34-35-37-39-41-43-45-47-49-51-53-55-61(65)62-59(58-69-70(66,67)68-57-56-63(3,4)5)60(64)54-52-50-48-46-44-42-40-38-36-25-23-21-19-17-15-13-11-9-7-2/h8,10,14,16,20,22,26-27,29-30,32-33,35,37,59-60,64H,6-7,9,11-13,15,17-19,21,23-25,28,31,34,36,38-58H2,1-5H3,(H-,62,65,66,67)/p+1/b10-8-,16-14-,22-20-,27-26-,30-29-,33-32-,37-35-. The van der Waals surface area contributed by atoms with Crippen molar-refractivity contribution in [2.24, 2.45) is 0 Å². The summed E-state index contributed by atoms with van der Waals surface area (Å²) in [6.45, 7) is 4.78. The molecule has 3 N–H and O–H groups in total. The molecule has 0 heterocycles. The number of phosphoric acid groups is 1. The highest BCUT2D eigenvalue weighted by Crippen LogP contribution is 2.43. The first-order chi connectivity index (χ1) is 34.0. The zero-order valence-electron chi connectivity index (χ0n) is 46.2. The van der Waals surface area contributed by atoms with Gasteiger partial charge in [0.15, 0.2) is 0 Å². The van der Waals surface area contributed by atoms with E-state index in [2.05, 4.69) is 104 Å². The quantitative estimate of drug-likeness (QED) is 0.0243. The molecule has 0 saturated carbocycles. The monoisotopic (exact) mass is 1000 g/mol. The number of nitrogens with zero attached hydrogens (tertiary/aromatic N) is 1. The lowest BCUT2D eigenvalue weighted by Crippen LogP contribution is -2.46. The van der Waals surface area contributed by atoms with E-state index in [1.54, 1.807) is 0 Å². The molecule has 9 heteroatoms. The Hall–Kier alpha value is -2.32. The predicted molar refractivity (Wildman–Crippen MR) is 304 cm³/mol. The molecule has 0 spiro atoms. The Morgan fingerprint density at radius 3 is 1.26 bits per heavy atom. The van der Waals surface area contributed by atoms with E-state index in [1.807, 2.05) is 21.1 Å². The van der Waals surface area contributed by atoms with Crippen LogP contribution in [0.5, 0.6) is 0 Å². The summed E-state index contributed by atoms with van der Waals surface area (Å²) in [6.07, 6.45) is 72.0. The van der Waals surface area contributed by atoms with Crippen molar-refractivity contribution in [3.8, 4) is 0 Å². The topological polar surface area (TPSA) is 105 Å². The summed E-state index contributed by atoms with van der Waals surface area (Å²) in [6, 6.07) is -0.773. The van der Waals surface area contributed by atoms with E-state index in [1.165, 1.54) is 128 Å². The number of carbonyl (C=O) groups excluding carboxylic acids is 1. The van der Waals surface area contributed by atoms with Crippen LogP contribution in [0.3, 0.4) is 0 Å². The van der Waals surface area contributed by atoms with Gasteiger partial charge in [-0.1, -0.05) is 253 Å². The third-order valence-electron chi connectivity index (χ3n) is 12.7. The van der Waals surface area contributed by atoms with Gasteiger partial charge in [-0.3, -0.25) is 13.8 Å². The fourth-order valence-corrected chi connectivity index (χ4v) is 8.88. The van der Waals surface area contributed by atoms with Gasteiger partial charge in [0.2, 0.25) is 5.91 Å². The predicted octanol–water partition coefficient (Wildman–Crippen LogP) is 17.6. The van der Waals surface area contributed by atoms with Crippen LogP contribution in [0.1, 0.15) is 245 Å². The zero-order chi connectivity index (χ0) is 51.3. The zero-order valence-corrected chi connectivity index (χ0v) is 47.1. The fraction of sp³-hybridized carbons (Fsp3) is 0.754. The average molecular weight is 1000 g/mol. The number of carbonyl (C=O) groups is 1. The Kier molecular flexibility index (Phi) is 49.9. The SMILES string of the molecule is CC/C=C\C/C=C\C/C=C\C/C=C\C/C=C\C/C=C\C/C=C\CCCCCCCCCC(=O)NC(COP(=O)(O)OCC[N+](C)(C)C)C(O)CCCCCCCCCCCCCCCCCCCCC. The first-order valence-electron chi connectivity index (χ1n) is 29.0. The van der Waals surface area contributed by atoms with Gasteiger partial charge in [-0.25, -0.2) is 4.57 Å². The van der Waals surface area contributed by atoms with Crippen molar-refractivity contribution in [3.63, 3.8) is 0 Å². The lowest BCUT2D eigenvalue weighted by molar-refractivity contribution is -0.870. The summed E-state index contributed by atoms with van der Waals surface area (Å²) in [5, 5.41) is 14.1. The highest BCUT2D eigenvalue weighted by molar-refractivity contribution is 7.47. The summed E-state index contributed by atoms with van der Waals surface area (Å²) in [7, 11) is 1.60. The highest BCUT2D eigenvalue weighted by Gasteiger charge is 2.28. The lowest BCUT2D eigenvalue weighted by atomic mass is 10.0. The summed E-state index contributed by atoms with van der Waals surface area (Å²) in [4.78, 5) is 23.3. The Labute approximate surface area is 433 Å². The smallest absolute Gasteiger partial charge is 0.391 e. The van der Waals surface area contributed by atoms with Gasteiger partial charge in [-0.05, 0) is 70.6 Å². The van der Waals surface area contributed by atoms with E-state index >= 15 is 0 Å². The molecule has 406 valence electrons. The largest absolute Gasteiger partial charge is 0.472 e. The van der Waals surface area contributed by atoms with E-state index in [4.69, 9.17) is 9.05 Å². The number of unbranched alkanes of at least 4 members (excludes halogenated alkanes) is 25. The number of nitrogens with one attached hydrogen (secondary N) is 1. The number of hydrogen-bond donors (Lipinski definition) is 3. The molecular weight excluding hydrogens is 888 g/mol. The number of aliphatic hydroxyl groups excluding tert-OH is 1. The molecule has 0 aliphatic heterocycles. The van der Waals surface area contributed by atoms with Crippen LogP contribution in [-0.2, 0) is 18.4 Å². The van der Waals surface area contributed by atoms with Crippen LogP contribution >= 0.6 is 7.82 Å². The second kappa shape index (κ2) is 51.6. The Morgan fingerprint density at radius 1 is 0.500 bits per heavy atom. The molecule has 8 nitrogen and oxygen atoms in total. The molecule has 3 atom stereocenters. The van der Waals surface area contributed by atoms with Crippen LogP contribution in [0.2, 0.25) is 0 Å². The Balaban J connectivity index is 4.22. The van der Waals surface area contributed by atoms with E-state index in [0.29, 0.717) is 23.9 Å². The van der Waals surface area contributed by atoms with Gasteiger partial charge in [0, 0.05) is 6.42 Å². The number of amides is 1. The second-order valence-electron chi connectivity index (χ2n) is 20.6. The number of quaternary nitrogens is 1.